The molecule has 2 aromatic carbocycles. The van der Waals surface area contributed by atoms with Crippen LogP contribution in [-0.4, -0.2) is 5.11 Å². The molecule has 0 spiro atoms. The van der Waals surface area contributed by atoms with Crippen molar-refractivity contribution in [3.63, 3.8) is 0 Å². The lowest BCUT2D eigenvalue weighted by molar-refractivity contribution is -0.137. The van der Waals surface area contributed by atoms with Gasteiger partial charge in [0.15, 0.2) is 0 Å². The standard InChI is InChI=1S/C14H11F3O/c1-9-3-2-4-10(5-9)11-6-12(14(15,16)17)8-13(18)7-11/h2-8,18H,1H3. The summed E-state index contributed by atoms with van der Waals surface area (Å²) in [6.07, 6.45) is -4.46. The molecule has 0 fully saturated rings. The van der Waals surface area contributed by atoms with E-state index in [9.17, 15) is 18.3 Å². The van der Waals surface area contributed by atoms with Crippen molar-refractivity contribution in [2.75, 3.05) is 0 Å². The van der Waals surface area contributed by atoms with E-state index in [0.717, 1.165) is 17.7 Å². The van der Waals surface area contributed by atoms with Gasteiger partial charge in [0.25, 0.3) is 0 Å². The molecule has 0 amide bonds. The Morgan fingerprint density at radius 3 is 2.28 bits per heavy atom. The van der Waals surface area contributed by atoms with Crippen LogP contribution in [-0.2, 0) is 6.18 Å². The summed E-state index contributed by atoms with van der Waals surface area (Å²) < 4.78 is 37.9. The summed E-state index contributed by atoms with van der Waals surface area (Å²) in [5, 5.41) is 9.39. The summed E-state index contributed by atoms with van der Waals surface area (Å²) >= 11 is 0. The Morgan fingerprint density at radius 1 is 0.944 bits per heavy atom. The summed E-state index contributed by atoms with van der Waals surface area (Å²) in [6, 6.07) is 10.2. The lowest BCUT2D eigenvalue weighted by atomic mass is 10.0. The molecule has 94 valence electrons. The molecule has 0 aliphatic heterocycles. The molecule has 18 heavy (non-hydrogen) atoms. The van der Waals surface area contributed by atoms with Gasteiger partial charge >= 0.3 is 6.18 Å². The molecule has 2 aromatic rings. The van der Waals surface area contributed by atoms with Crippen LogP contribution >= 0.6 is 0 Å². The summed E-state index contributed by atoms with van der Waals surface area (Å²) in [6.45, 7) is 1.86. The van der Waals surface area contributed by atoms with Gasteiger partial charge in [-0.2, -0.15) is 13.2 Å². The lowest BCUT2D eigenvalue weighted by Crippen LogP contribution is -2.04. The highest BCUT2D eigenvalue weighted by Gasteiger charge is 2.31. The minimum atomic E-state index is -4.46. The van der Waals surface area contributed by atoms with Gasteiger partial charge in [0.2, 0.25) is 0 Å². The fourth-order valence-electron chi connectivity index (χ4n) is 1.77. The predicted octanol–water partition coefficient (Wildman–Crippen LogP) is 4.39. The van der Waals surface area contributed by atoms with E-state index in [4.69, 9.17) is 0 Å². The summed E-state index contributed by atoms with van der Waals surface area (Å²) in [7, 11) is 0. The van der Waals surface area contributed by atoms with Gasteiger partial charge in [0.1, 0.15) is 5.75 Å². The highest BCUT2D eigenvalue weighted by atomic mass is 19.4. The van der Waals surface area contributed by atoms with Crippen LogP contribution in [0.2, 0.25) is 0 Å². The van der Waals surface area contributed by atoms with E-state index >= 15 is 0 Å². The molecule has 1 nitrogen and oxygen atoms in total. The van der Waals surface area contributed by atoms with Gasteiger partial charge in [-0.05, 0) is 36.2 Å². The van der Waals surface area contributed by atoms with E-state index in [1.54, 1.807) is 18.2 Å². The van der Waals surface area contributed by atoms with Crippen LogP contribution in [0.25, 0.3) is 11.1 Å². The van der Waals surface area contributed by atoms with Gasteiger partial charge in [-0.25, -0.2) is 0 Å². The van der Waals surface area contributed by atoms with Crippen molar-refractivity contribution in [2.24, 2.45) is 0 Å². The Labute approximate surface area is 103 Å². The van der Waals surface area contributed by atoms with Crippen molar-refractivity contribution in [3.8, 4) is 16.9 Å². The van der Waals surface area contributed by atoms with Crippen molar-refractivity contribution in [3.05, 3.63) is 53.6 Å². The molecule has 2 rings (SSSR count). The van der Waals surface area contributed by atoms with Crippen molar-refractivity contribution in [1.29, 1.82) is 0 Å². The molecule has 0 aromatic heterocycles. The third kappa shape index (κ3) is 2.64. The number of alkyl halides is 3. The Morgan fingerprint density at radius 2 is 1.67 bits per heavy atom. The predicted molar refractivity (Wildman–Crippen MR) is 63.3 cm³/mol. The van der Waals surface area contributed by atoms with Crippen LogP contribution in [0.15, 0.2) is 42.5 Å². The molecule has 0 bridgehead atoms. The normalized spacial score (nSPS) is 11.6. The van der Waals surface area contributed by atoms with Crippen molar-refractivity contribution >= 4 is 0 Å². The van der Waals surface area contributed by atoms with E-state index in [0.29, 0.717) is 11.1 Å². The molecule has 0 aliphatic carbocycles. The summed E-state index contributed by atoms with van der Waals surface area (Å²) in [5.74, 6) is -0.388. The number of hydrogen-bond donors (Lipinski definition) is 1. The van der Waals surface area contributed by atoms with Crippen LogP contribution < -0.4 is 0 Å². The largest absolute Gasteiger partial charge is 0.508 e. The van der Waals surface area contributed by atoms with Gasteiger partial charge in [-0.15, -0.1) is 0 Å². The van der Waals surface area contributed by atoms with Gasteiger partial charge in [-0.3, -0.25) is 0 Å². The van der Waals surface area contributed by atoms with Crippen LogP contribution in [0.1, 0.15) is 11.1 Å². The second kappa shape index (κ2) is 4.37. The maximum absolute atomic E-state index is 12.6. The first-order valence-corrected chi connectivity index (χ1v) is 5.34. The maximum Gasteiger partial charge on any atom is 0.416 e. The number of hydrogen-bond acceptors (Lipinski definition) is 1. The number of aryl methyl sites for hydroxylation is 1. The van der Waals surface area contributed by atoms with Crippen LogP contribution in [0.5, 0.6) is 5.75 Å². The minimum Gasteiger partial charge on any atom is -0.508 e. The molecule has 0 aliphatic rings. The number of halogens is 3. The third-order valence-electron chi connectivity index (χ3n) is 2.60. The zero-order valence-corrected chi connectivity index (χ0v) is 9.62. The zero-order valence-electron chi connectivity index (χ0n) is 9.62. The molecule has 0 atom stereocenters. The SMILES string of the molecule is Cc1cccc(-c2cc(O)cc(C(F)(F)F)c2)c1. The quantitative estimate of drug-likeness (QED) is 0.798. The molecule has 0 radical (unpaired) electrons. The molecule has 1 N–H and O–H groups in total. The smallest absolute Gasteiger partial charge is 0.416 e. The zero-order chi connectivity index (χ0) is 13.3. The van der Waals surface area contributed by atoms with Gasteiger partial charge in [0.05, 0.1) is 5.56 Å². The van der Waals surface area contributed by atoms with Gasteiger partial charge in [0, 0.05) is 0 Å². The first kappa shape index (κ1) is 12.5. The average molecular weight is 252 g/mol. The molecule has 0 saturated heterocycles. The number of benzene rings is 2. The Hall–Kier alpha value is -1.97. The number of phenolic OH excluding ortho intramolecular Hbond substituents is 1. The lowest BCUT2D eigenvalue weighted by Gasteiger charge is -2.10. The van der Waals surface area contributed by atoms with E-state index in [1.807, 2.05) is 13.0 Å². The Bertz CT molecular complexity index is 573. The molecule has 4 heteroatoms. The van der Waals surface area contributed by atoms with E-state index in [2.05, 4.69) is 0 Å². The average Bonchev–Trinajstić information content (AvgIpc) is 2.27. The van der Waals surface area contributed by atoms with Crippen LogP contribution in [0, 0.1) is 6.92 Å². The second-order valence-electron chi connectivity index (χ2n) is 4.14. The van der Waals surface area contributed by atoms with E-state index in [1.165, 1.54) is 6.07 Å². The molecular formula is C14H11F3O. The molecular weight excluding hydrogens is 241 g/mol. The topological polar surface area (TPSA) is 20.2 Å². The highest BCUT2D eigenvalue weighted by molar-refractivity contribution is 5.67. The fourth-order valence-corrected chi connectivity index (χ4v) is 1.77. The minimum absolute atomic E-state index is 0.353. The second-order valence-corrected chi connectivity index (χ2v) is 4.14. The first-order valence-electron chi connectivity index (χ1n) is 5.34. The Balaban J connectivity index is 2.55. The summed E-state index contributed by atoms with van der Waals surface area (Å²) in [5.41, 5.74) is 1.10. The number of rotatable bonds is 1. The first-order chi connectivity index (χ1) is 8.36. The van der Waals surface area contributed by atoms with Gasteiger partial charge < -0.3 is 5.11 Å². The van der Waals surface area contributed by atoms with E-state index < -0.39 is 11.7 Å². The van der Waals surface area contributed by atoms with Crippen molar-refractivity contribution in [1.82, 2.24) is 0 Å². The fraction of sp³-hybridized carbons (Fsp3) is 0.143. The Kier molecular flexibility index (Phi) is 3.03. The molecule has 0 unspecified atom stereocenters. The summed E-state index contributed by atoms with van der Waals surface area (Å²) in [4.78, 5) is 0. The van der Waals surface area contributed by atoms with E-state index in [-0.39, 0.29) is 5.75 Å². The highest BCUT2D eigenvalue weighted by Crippen LogP contribution is 2.35. The van der Waals surface area contributed by atoms with Crippen molar-refractivity contribution in [2.45, 2.75) is 13.1 Å². The van der Waals surface area contributed by atoms with Crippen LogP contribution in [0.3, 0.4) is 0 Å². The van der Waals surface area contributed by atoms with Gasteiger partial charge in [-0.1, -0.05) is 29.8 Å². The monoisotopic (exact) mass is 252 g/mol. The maximum atomic E-state index is 12.6. The molecule has 0 heterocycles. The van der Waals surface area contributed by atoms with Crippen molar-refractivity contribution < 1.29 is 18.3 Å². The number of aromatic hydroxyl groups is 1. The third-order valence-corrected chi connectivity index (χ3v) is 2.60. The van der Waals surface area contributed by atoms with Crippen LogP contribution in [0.4, 0.5) is 13.2 Å². The molecule has 0 saturated carbocycles. The number of phenols is 1.